The van der Waals surface area contributed by atoms with E-state index in [1.54, 1.807) is 12.4 Å². The van der Waals surface area contributed by atoms with Crippen LogP contribution in [0.25, 0.3) is 22.4 Å². The SMILES string of the molecule is C#CCOc1cccc(OCC)c1-c1nc2ccncc2[nH]1. The van der Waals surface area contributed by atoms with Crippen LogP contribution in [0.4, 0.5) is 0 Å². The number of nitrogens with zero attached hydrogens (tertiary/aromatic N) is 2. The van der Waals surface area contributed by atoms with Gasteiger partial charge in [0.05, 0.1) is 23.8 Å². The van der Waals surface area contributed by atoms with E-state index in [0.717, 1.165) is 16.6 Å². The number of aromatic nitrogens is 3. The fourth-order valence-electron chi connectivity index (χ4n) is 2.24. The normalized spacial score (nSPS) is 10.4. The van der Waals surface area contributed by atoms with E-state index in [1.807, 2.05) is 31.2 Å². The first-order chi connectivity index (χ1) is 10.8. The average Bonchev–Trinajstić information content (AvgIpc) is 2.96. The molecule has 2 heterocycles. The first-order valence-corrected chi connectivity index (χ1v) is 6.95. The zero-order valence-corrected chi connectivity index (χ0v) is 12.2. The highest BCUT2D eigenvalue weighted by Gasteiger charge is 2.17. The molecule has 1 aromatic carbocycles. The number of benzene rings is 1. The molecular formula is C17H15N3O2. The van der Waals surface area contributed by atoms with Crippen LogP contribution < -0.4 is 9.47 Å². The Hall–Kier alpha value is -3.00. The molecule has 110 valence electrons. The molecule has 0 fully saturated rings. The number of hydrogen-bond donors (Lipinski definition) is 1. The molecule has 0 aliphatic carbocycles. The average molecular weight is 293 g/mol. The Morgan fingerprint density at radius 1 is 1.23 bits per heavy atom. The van der Waals surface area contributed by atoms with Crippen LogP contribution >= 0.6 is 0 Å². The van der Waals surface area contributed by atoms with Gasteiger partial charge in [-0.3, -0.25) is 4.98 Å². The van der Waals surface area contributed by atoms with Crippen molar-refractivity contribution in [1.29, 1.82) is 0 Å². The van der Waals surface area contributed by atoms with Gasteiger partial charge in [0.25, 0.3) is 0 Å². The highest BCUT2D eigenvalue weighted by Crippen LogP contribution is 2.37. The Labute approximate surface area is 128 Å². The van der Waals surface area contributed by atoms with E-state index in [-0.39, 0.29) is 6.61 Å². The molecule has 0 amide bonds. The lowest BCUT2D eigenvalue weighted by Gasteiger charge is -2.13. The van der Waals surface area contributed by atoms with Crippen LogP contribution in [0, 0.1) is 12.3 Å². The minimum atomic E-state index is 0.185. The van der Waals surface area contributed by atoms with Gasteiger partial charge in [-0.15, -0.1) is 6.42 Å². The topological polar surface area (TPSA) is 60.0 Å². The number of pyridine rings is 1. The summed E-state index contributed by atoms with van der Waals surface area (Å²) >= 11 is 0. The van der Waals surface area contributed by atoms with Crippen molar-refractivity contribution in [3.8, 4) is 35.2 Å². The molecule has 0 spiro atoms. The summed E-state index contributed by atoms with van der Waals surface area (Å²) in [7, 11) is 0. The number of rotatable bonds is 5. The molecule has 0 bridgehead atoms. The lowest BCUT2D eigenvalue weighted by molar-refractivity contribution is 0.334. The third-order valence-electron chi connectivity index (χ3n) is 3.12. The summed E-state index contributed by atoms with van der Waals surface area (Å²) in [5.74, 6) is 4.47. The number of aromatic amines is 1. The molecule has 0 aliphatic heterocycles. The number of ether oxygens (including phenoxy) is 2. The molecule has 3 rings (SSSR count). The molecule has 1 N–H and O–H groups in total. The van der Waals surface area contributed by atoms with Crippen molar-refractivity contribution in [2.75, 3.05) is 13.2 Å². The second kappa shape index (κ2) is 6.19. The van der Waals surface area contributed by atoms with Gasteiger partial charge < -0.3 is 14.5 Å². The van der Waals surface area contributed by atoms with Crippen LogP contribution in [0.2, 0.25) is 0 Å². The molecule has 0 unspecified atom stereocenters. The lowest BCUT2D eigenvalue weighted by atomic mass is 10.1. The minimum absolute atomic E-state index is 0.185. The third-order valence-corrected chi connectivity index (χ3v) is 3.12. The predicted molar refractivity (Wildman–Crippen MR) is 84.8 cm³/mol. The van der Waals surface area contributed by atoms with Crippen LogP contribution in [0.5, 0.6) is 11.5 Å². The predicted octanol–water partition coefficient (Wildman–Crippen LogP) is 3.04. The number of imidazole rings is 1. The number of H-pyrrole nitrogens is 1. The van der Waals surface area contributed by atoms with Gasteiger partial charge in [-0.2, -0.15) is 0 Å². The standard InChI is InChI=1S/C17H15N3O2/c1-3-10-22-15-7-5-6-14(21-4-2)16(15)17-19-12-8-9-18-11-13(12)20-17/h1,5-9,11H,4,10H2,2H3,(H,19,20). The van der Waals surface area contributed by atoms with Gasteiger partial charge >= 0.3 is 0 Å². The van der Waals surface area contributed by atoms with Gasteiger partial charge in [0.2, 0.25) is 0 Å². The van der Waals surface area contributed by atoms with Gasteiger partial charge in [0.1, 0.15) is 29.5 Å². The molecule has 22 heavy (non-hydrogen) atoms. The van der Waals surface area contributed by atoms with Crippen molar-refractivity contribution < 1.29 is 9.47 Å². The Kier molecular flexibility index (Phi) is 3.92. The summed E-state index contributed by atoms with van der Waals surface area (Å²) in [5.41, 5.74) is 2.45. The zero-order chi connectivity index (χ0) is 15.4. The molecular weight excluding hydrogens is 278 g/mol. The van der Waals surface area contributed by atoms with Crippen molar-refractivity contribution in [1.82, 2.24) is 15.0 Å². The highest BCUT2D eigenvalue weighted by molar-refractivity contribution is 5.82. The second-order valence-electron chi connectivity index (χ2n) is 4.53. The van der Waals surface area contributed by atoms with Crippen molar-refractivity contribution in [3.63, 3.8) is 0 Å². The zero-order valence-electron chi connectivity index (χ0n) is 12.2. The maximum atomic E-state index is 5.70. The smallest absolute Gasteiger partial charge is 0.148 e. The van der Waals surface area contributed by atoms with Crippen LogP contribution in [0.15, 0.2) is 36.7 Å². The van der Waals surface area contributed by atoms with E-state index < -0.39 is 0 Å². The molecule has 2 aromatic heterocycles. The summed E-state index contributed by atoms with van der Waals surface area (Å²) in [6.45, 7) is 2.67. The largest absolute Gasteiger partial charge is 0.493 e. The Morgan fingerprint density at radius 3 is 2.77 bits per heavy atom. The first-order valence-electron chi connectivity index (χ1n) is 6.95. The summed E-state index contributed by atoms with van der Waals surface area (Å²) in [5, 5.41) is 0. The van der Waals surface area contributed by atoms with Crippen molar-refractivity contribution in [3.05, 3.63) is 36.7 Å². The number of nitrogens with one attached hydrogen (secondary N) is 1. The molecule has 5 heteroatoms. The summed E-state index contributed by atoms with van der Waals surface area (Å²) in [4.78, 5) is 11.9. The summed E-state index contributed by atoms with van der Waals surface area (Å²) in [6.07, 6.45) is 8.72. The fraction of sp³-hybridized carbons (Fsp3) is 0.176. The van der Waals surface area contributed by atoms with Gasteiger partial charge in [0.15, 0.2) is 0 Å². The fourth-order valence-corrected chi connectivity index (χ4v) is 2.24. The first kappa shape index (κ1) is 14.0. The number of terminal acetylenes is 1. The van der Waals surface area contributed by atoms with E-state index in [4.69, 9.17) is 15.9 Å². The molecule has 5 nitrogen and oxygen atoms in total. The Balaban J connectivity index is 2.15. The van der Waals surface area contributed by atoms with Gasteiger partial charge in [-0.25, -0.2) is 4.98 Å². The minimum Gasteiger partial charge on any atom is -0.493 e. The van der Waals surface area contributed by atoms with Crippen LogP contribution in [-0.2, 0) is 0 Å². The maximum absolute atomic E-state index is 5.70. The highest BCUT2D eigenvalue weighted by atomic mass is 16.5. The Bertz CT molecular complexity index is 800. The van der Waals surface area contributed by atoms with Crippen LogP contribution in [0.1, 0.15) is 6.92 Å². The van der Waals surface area contributed by atoms with Crippen molar-refractivity contribution in [2.24, 2.45) is 0 Å². The number of hydrogen-bond acceptors (Lipinski definition) is 4. The van der Waals surface area contributed by atoms with Gasteiger partial charge in [-0.1, -0.05) is 12.0 Å². The Morgan fingerprint density at radius 2 is 2.05 bits per heavy atom. The van der Waals surface area contributed by atoms with E-state index in [9.17, 15) is 0 Å². The molecule has 0 saturated heterocycles. The van der Waals surface area contributed by atoms with E-state index >= 15 is 0 Å². The van der Waals surface area contributed by atoms with E-state index in [0.29, 0.717) is 23.9 Å². The monoisotopic (exact) mass is 293 g/mol. The third kappa shape index (κ3) is 2.59. The van der Waals surface area contributed by atoms with E-state index in [1.165, 1.54) is 0 Å². The maximum Gasteiger partial charge on any atom is 0.148 e. The second-order valence-corrected chi connectivity index (χ2v) is 4.53. The molecule has 0 saturated carbocycles. The van der Waals surface area contributed by atoms with Gasteiger partial charge in [0, 0.05) is 6.20 Å². The molecule has 3 aromatic rings. The number of fused-ring (bicyclic) bond motifs is 1. The van der Waals surface area contributed by atoms with Crippen LogP contribution in [-0.4, -0.2) is 28.2 Å². The molecule has 0 atom stereocenters. The van der Waals surface area contributed by atoms with Crippen LogP contribution in [0.3, 0.4) is 0 Å². The summed E-state index contributed by atoms with van der Waals surface area (Å²) in [6, 6.07) is 7.44. The molecule has 0 radical (unpaired) electrons. The quantitative estimate of drug-likeness (QED) is 0.735. The van der Waals surface area contributed by atoms with Crippen molar-refractivity contribution in [2.45, 2.75) is 6.92 Å². The lowest BCUT2D eigenvalue weighted by Crippen LogP contribution is -2.00. The van der Waals surface area contributed by atoms with Gasteiger partial charge in [-0.05, 0) is 25.1 Å². The molecule has 0 aliphatic rings. The van der Waals surface area contributed by atoms with E-state index in [2.05, 4.69) is 20.9 Å². The summed E-state index contributed by atoms with van der Waals surface area (Å²) < 4.78 is 11.3. The van der Waals surface area contributed by atoms with Crippen molar-refractivity contribution >= 4 is 11.0 Å².